The number of hydrogen-bond donors (Lipinski definition) is 1. The maximum Gasteiger partial charge on any atom is 0.323 e. The van der Waals surface area contributed by atoms with Crippen molar-refractivity contribution in [3.8, 4) is 0 Å². The van der Waals surface area contributed by atoms with E-state index in [-0.39, 0.29) is 12.5 Å². The number of carboxylic acid groups (broad SMARTS) is 1. The average Bonchev–Trinajstić information content (AvgIpc) is 2.49. The van der Waals surface area contributed by atoms with Gasteiger partial charge in [0.25, 0.3) is 0 Å². The lowest BCUT2D eigenvalue weighted by molar-refractivity contribution is -0.142. The van der Waals surface area contributed by atoms with Gasteiger partial charge < -0.3 is 10.0 Å². The third kappa shape index (κ3) is 12.4. The summed E-state index contributed by atoms with van der Waals surface area (Å²) in [5.74, 6) is -1.12. The molecule has 0 aliphatic carbocycles. The van der Waals surface area contributed by atoms with Crippen LogP contribution in [0.1, 0.15) is 78.1 Å². The largest absolute Gasteiger partial charge is 0.480 e. The van der Waals surface area contributed by atoms with Gasteiger partial charge in [-0.3, -0.25) is 9.59 Å². The molecule has 0 saturated heterocycles. The van der Waals surface area contributed by atoms with Crippen LogP contribution in [0.5, 0.6) is 0 Å². The maximum atomic E-state index is 12.0. The molecule has 4 nitrogen and oxygen atoms in total. The van der Waals surface area contributed by atoms with E-state index in [9.17, 15) is 9.59 Å². The fourth-order valence-electron chi connectivity index (χ4n) is 2.30. The second-order valence-electron chi connectivity index (χ2n) is 5.82. The number of unbranched alkanes of at least 4 members (excludes halogenated alkanes) is 8. The number of amides is 1. The monoisotopic (exact) mass is 311 g/mol. The van der Waals surface area contributed by atoms with Gasteiger partial charge in [0, 0.05) is 6.54 Å². The van der Waals surface area contributed by atoms with Crippen LogP contribution in [0.3, 0.4) is 0 Å². The molecule has 0 unspecified atom stereocenters. The van der Waals surface area contributed by atoms with Gasteiger partial charge in [-0.15, -0.1) is 0 Å². The van der Waals surface area contributed by atoms with Crippen LogP contribution in [0.15, 0.2) is 12.2 Å². The Bertz CT molecular complexity index is 326. The molecule has 0 aromatic heterocycles. The summed E-state index contributed by atoms with van der Waals surface area (Å²) in [6, 6.07) is 0. The summed E-state index contributed by atoms with van der Waals surface area (Å²) in [5.41, 5.74) is 0. The van der Waals surface area contributed by atoms with Crippen LogP contribution in [0.4, 0.5) is 0 Å². The van der Waals surface area contributed by atoms with E-state index in [2.05, 4.69) is 13.8 Å². The molecule has 0 aliphatic rings. The summed E-state index contributed by atoms with van der Waals surface area (Å²) in [4.78, 5) is 24.3. The van der Waals surface area contributed by atoms with Gasteiger partial charge in [0.2, 0.25) is 5.91 Å². The molecule has 0 fully saturated rings. The summed E-state index contributed by atoms with van der Waals surface area (Å²) in [6.45, 7) is 4.64. The van der Waals surface area contributed by atoms with Gasteiger partial charge in [-0.2, -0.15) is 0 Å². The van der Waals surface area contributed by atoms with Crippen LogP contribution in [0, 0.1) is 0 Å². The van der Waals surface area contributed by atoms with E-state index in [4.69, 9.17) is 5.11 Å². The zero-order chi connectivity index (χ0) is 16.6. The summed E-state index contributed by atoms with van der Waals surface area (Å²) in [6.07, 6.45) is 14.5. The Morgan fingerprint density at radius 3 is 2.09 bits per heavy atom. The summed E-state index contributed by atoms with van der Waals surface area (Å²) < 4.78 is 0. The minimum atomic E-state index is -0.946. The number of hydrogen-bond acceptors (Lipinski definition) is 2. The number of rotatable bonds is 14. The number of carboxylic acids is 1. The molecule has 0 radical (unpaired) electrons. The van der Waals surface area contributed by atoms with Gasteiger partial charge >= 0.3 is 5.97 Å². The highest BCUT2D eigenvalue weighted by Gasteiger charge is 2.13. The highest BCUT2D eigenvalue weighted by molar-refractivity contribution is 5.89. The minimum Gasteiger partial charge on any atom is -0.480 e. The van der Waals surface area contributed by atoms with Crippen LogP contribution < -0.4 is 0 Å². The van der Waals surface area contributed by atoms with Crippen molar-refractivity contribution in [1.29, 1.82) is 0 Å². The van der Waals surface area contributed by atoms with Crippen molar-refractivity contribution in [3.63, 3.8) is 0 Å². The van der Waals surface area contributed by atoms with Gasteiger partial charge in [0.15, 0.2) is 0 Å². The Morgan fingerprint density at radius 2 is 1.50 bits per heavy atom. The summed E-state index contributed by atoms with van der Waals surface area (Å²) in [5, 5.41) is 8.92. The Morgan fingerprint density at radius 1 is 0.909 bits per heavy atom. The molecule has 0 heterocycles. The average molecular weight is 311 g/mol. The van der Waals surface area contributed by atoms with Gasteiger partial charge in [-0.1, -0.05) is 71.3 Å². The zero-order valence-corrected chi connectivity index (χ0v) is 14.4. The van der Waals surface area contributed by atoms with Crippen LogP contribution >= 0.6 is 0 Å². The van der Waals surface area contributed by atoms with E-state index in [1.807, 2.05) is 6.08 Å². The van der Waals surface area contributed by atoms with Crippen molar-refractivity contribution in [2.24, 2.45) is 0 Å². The molecule has 0 spiro atoms. The quantitative estimate of drug-likeness (QED) is 0.382. The molecule has 4 heteroatoms. The molecule has 0 aromatic carbocycles. The molecule has 128 valence electrons. The molecule has 0 bridgehead atoms. The van der Waals surface area contributed by atoms with Gasteiger partial charge in [-0.25, -0.2) is 0 Å². The Labute approximate surface area is 135 Å². The first kappa shape index (κ1) is 20.7. The Balaban J connectivity index is 4.03. The fourth-order valence-corrected chi connectivity index (χ4v) is 2.30. The highest BCUT2D eigenvalue weighted by Crippen LogP contribution is 2.08. The molecular formula is C18H33NO3. The molecule has 1 amide bonds. The number of carbonyl (C=O) groups excluding carboxylic acids is 1. The molecular weight excluding hydrogens is 278 g/mol. The molecule has 0 atom stereocenters. The van der Waals surface area contributed by atoms with Crippen LogP contribution in [-0.4, -0.2) is 35.0 Å². The molecule has 0 rings (SSSR count). The number of aliphatic carboxylic acids is 1. The van der Waals surface area contributed by atoms with Crippen molar-refractivity contribution in [2.45, 2.75) is 78.1 Å². The van der Waals surface area contributed by atoms with E-state index in [1.165, 1.54) is 43.1 Å². The van der Waals surface area contributed by atoms with Crippen molar-refractivity contribution >= 4 is 11.9 Å². The number of carbonyl (C=O) groups is 2. The van der Waals surface area contributed by atoms with E-state index in [0.29, 0.717) is 6.54 Å². The lowest BCUT2D eigenvalue weighted by atomic mass is 10.1. The van der Waals surface area contributed by atoms with Crippen molar-refractivity contribution in [3.05, 3.63) is 12.2 Å². The van der Waals surface area contributed by atoms with Gasteiger partial charge in [0.05, 0.1) is 0 Å². The molecule has 0 aromatic rings. The van der Waals surface area contributed by atoms with E-state index >= 15 is 0 Å². The lowest BCUT2D eigenvalue weighted by Crippen LogP contribution is -2.35. The molecule has 22 heavy (non-hydrogen) atoms. The van der Waals surface area contributed by atoms with E-state index < -0.39 is 5.97 Å². The topological polar surface area (TPSA) is 57.6 Å². The smallest absolute Gasteiger partial charge is 0.323 e. The van der Waals surface area contributed by atoms with Crippen molar-refractivity contribution < 1.29 is 14.7 Å². The maximum absolute atomic E-state index is 12.0. The predicted octanol–water partition coefficient (Wildman–Crippen LogP) is 4.40. The second kappa shape index (κ2) is 14.6. The second-order valence-corrected chi connectivity index (χ2v) is 5.82. The van der Waals surface area contributed by atoms with Crippen molar-refractivity contribution in [1.82, 2.24) is 4.90 Å². The first-order chi connectivity index (χ1) is 10.6. The Kier molecular flexibility index (Phi) is 13.7. The first-order valence-electron chi connectivity index (χ1n) is 8.79. The van der Waals surface area contributed by atoms with Crippen LogP contribution in [-0.2, 0) is 9.59 Å². The van der Waals surface area contributed by atoms with Gasteiger partial charge in [0.1, 0.15) is 6.54 Å². The molecule has 1 N–H and O–H groups in total. The summed E-state index contributed by atoms with van der Waals surface area (Å²) in [7, 11) is 0. The van der Waals surface area contributed by atoms with Crippen molar-refractivity contribution in [2.75, 3.05) is 13.1 Å². The highest BCUT2D eigenvalue weighted by atomic mass is 16.4. The standard InChI is InChI=1S/C18H33NO3/c1-3-5-7-9-10-11-13-15-19(16-18(21)22)17(20)14-12-8-6-4-2/h12,14H,3-11,13,15-16H2,1-2H3,(H,21,22)/b14-12+. The van der Waals surface area contributed by atoms with E-state index in [1.54, 1.807) is 0 Å². The first-order valence-corrected chi connectivity index (χ1v) is 8.79. The third-order valence-electron chi connectivity index (χ3n) is 3.65. The zero-order valence-electron chi connectivity index (χ0n) is 14.4. The fraction of sp³-hybridized carbons (Fsp3) is 0.778. The predicted molar refractivity (Wildman–Crippen MR) is 90.9 cm³/mol. The van der Waals surface area contributed by atoms with E-state index in [0.717, 1.165) is 32.1 Å². The van der Waals surface area contributed by atoms with Crippen LogP contribution in [0.25, 0.3) is 0 Å². The molecule has 0 aliphatic heterocycles. The number of nitrogens with zero attached hydrogens (tertiary/aromatic N) is 1. The van der Waals surface area contributed by atoms with Gasteiger partial charge in [-0.05, 0) is 18.9 Å². The molecule has 0 saturated carbocycles. The minimum absolute atomic E-state index is 0.176. The lowest BCUT2D eigenvalue weighted by Gasteiger charge is -2.19. The summed E-state index contributed by atoms with van der Waals surface area (Å²) >= 11 is 0. The Hall–Kier alpha value is -1.32. The third-order valence-corrected chi connectivity index (χ3v) is 3.65. The normalized spacial score (nSPS) is 11.0. The SMILES string of the molecule is CCCC/C=C/C(=O)N(CCCCCCCCC)CC(=O)O. The number of allylic oxidation sites excluding steroid dienone is 1. The van der Waals surface area contributed by atoms with Crippen LogP contribution in [0.2, 0.25) is 0 Å².